The van der Waals surface area contributed by atoms with Crippen molar-refractivity contribution >= 4 is 5.91 Å². The summed E-state index contributed by atoms with van der Waals surface area (Å²) in [6.07, 6.45) is 0. The van der Waals surface area contributed by atoms with Crippen molar-refractivity contribution in [2.75, 3.05) is 46.6 Å². The second-order valence-corrected chi connectivity index (χ2v) is 6.84. The highest BCUT2D eigenvalue weighted by atomic mass is 16.5. The van der Waals surface area contributed by atoms with Crippen LogP contribution < -0.4 is 14.8 Å². The van der Waals surface area contributed by atoms with Crippen molar-refractivity contribution in [3.63, 3.8) is 0 Å². The summed E-state index contributed by atoms with van der Waals surface area (Å²) in [4.78, 5) is 14.7. The molecule has 1 saturated heterocycles. The molecule has 6 nitrogen and oxygen atoms in total. The average molecular weight is 384 g/mol. The number of carbonyl (C=O) groups is 1. The van der Waals surface area contributed by atoms with Gasteiger partial charge in [-0.25, -0.2) is 0 Å². The lowest BCUT2D eigenvalue weighted by Crippen LogP contribution is -2.44. The van der Waals surface area contributed by atoms with E-state index in [1.54, 1.807) is 31.4 Å². The van der Waals surface area contributed by atoms with Gasteiger partial charge < -0.3 is 19.5 Å². The third kappa shape index (κ3) is 5.71. The van der Waals surface area contributed by atoms with Crippen LogP contribution in [-0.4, -0.2) is 57.4 Å². The fourth-order valence-electron chi connectivity index (χ4n) is 3.22. The molecule has 0 aromatic heterocycles. The minimum atomic E-state index is -0.138. The van der Waals surface area contributed by atoms with Crippen molar-refractivity contribution in [3.05, 3.63) is 59.7 Å². The highest BCUT2D eigenvalue weighted by Crippen LogP contribution is 2.22. The summed E-state index contributed by atoms with van der Waals surface area (Å²) < 4.78 is 16.2. The van der Waals surface area contributed by atoms with Crippen LogP contribution in [-0.2, 0) is 9.53 Å². The Bertz CT molecular complexity index is 740. The van der Waals surface area contributed by atoms with E-state index >= 15 is 0 Å². The monoisotopic (exact) mass is 384 g/mol. The molecule has 0 saturated carbocycles. The number of nitrogens with one attached hydrogen (secondary N) is 1. The lowest BCUT2D eigenvalue weighted by molar-refractivity contribution is -0.123. The van der Waals surface area contributed by atoms with E-state index in [1.165, 1.54) is 11.1 Å². The number of amides is 1. The highest BCUT2D eigenvalue weighted by Gasteiger charge is 2.23. The molecular weight excluding hydrogens is 356 g/mol. The van der Waals surface area contributed by atoms with Gasteiger partial charge in [0.05, 0.1) is 26.4 Å². The molecule has 1 heterocycles. The second kappa shape index (κ2) is 10.1. The van der Waals surface area contributed by atoms with Crippen LogP contribution in [0, 0.1) is 6.92 Å². The predicted molar refractivity (Wildman–Crippen MR) is 108 cm³/mol. The molecule has 1 amide bonds. The Morgan fingerprint density at radius 2 is 1.71 bits per heavy atom. The number of nitrogens with zero attached hydrogens (tertiary/aromatic N) is 1. The molecule has 28 heavy (non-hydrogen) atoms. The van der Waals surface area contributed by atoms with Gasteiger partial charge in [-0.05, 0) is 36.8 Å². The lowest BCUT2D eigenvalue weighted by atomic mass is 10.0. The Kier molecular flexibility index (Phi) is 7.28. The first-order valence-electron chi connectivity index (χ1n) is 9.57. The molecule has 1 aliphatic heterocycles. The van der Waals surface area contributed by atoms with E-state index < -0.39 is 0 Å². The smallest absolute Gasteiger partial charge is 0.258 e. The first-order chi connectivity index (χ1) is 13.7. The predicted octanol–water partition coefficient (Wildman–Crippen LogP) is 2.57. The molecule has 0 radical (unpaired) electrons. The summed E-state index contributed by atoms with van der Waals surface area (Å²) in [6.45, 7) is 5.75. The molecule has 0 unspecified atom stereocenters. The zero-order valence-corrected chi connectivity index (χ0v) is 16.5. The Balaban J connectivity index is 1.55. The van der Waals surface area contributed by atoms with Crippen molar-refractivity contribution in [1.82, 2.24) is 10.2 Å². The molecule has 2 aromatic carbocycles. The van der Waals surface area contributed by atoms with Crippen molar-refractivity contribution < 1.29 is 19.0 Å². The summed E-state index contributed by atoms with van der Waals surface area (Å²) in [5.74, 6) is 1.25. The van der Waals surface area contributed by atoms with E-state index in [1.807, 2.05) is 0 Å². The topological polar surface area (TPSA) is 60.0 Å². The largest absolute Gasteiger partial charge is 0.497 e. The summed E-state index contributed by atoms with van der Waals surface area (Å²) >= 11 is 0. The van der Waals surface area contributed by atoms with E-state index in [-0.39, 0.29) is 18.6 Å². The summed E-state index contributed by atoms with van der Waals surface area (Å²) in [5, 5.41) is 3.01. The molecule has 1 aliphatic rings. The molecule has 0 spiro atoms. The molecular formula is C22H28N2O4. The van der Waals surface area contributed by atoms with E-state index in [2.05, 4.69) is 41.4 Å². The van der Waals surface area contributed by atoms with Gasteiger partial charge in [0.25, 0.3) is 5.91 Å². The van der Waals surface area contributed by atoms with Crippen molar-refractivity contribution in [2.24, 2.45) is 0 Å². The van der Waals surface area contributed by atoms with Crippen LogP contribution in [0.2, 0.25) is 0 Å². The van der Waals surface area contributed by atoms with Crippen LogP contribution in [0.25, 0.3) is 0 Å². The average Bonchev–Trinajstić information content (AvgIpc) is 2.75. The normalized spacial score (nSPS) is 15.6. The Morgan fingerprint density at radius 1 is 1.07 bits per heavy atom. The number of hydrogen-bond donors (Lipinski definition) is 1. The number of aryl methyl sites for hydroxylation is 1. The Morgan fingerprint density at radius 3 is 2.36 bits per heavy atom. The van der Waals surface area contributed by atoms with E-state index in [4.69, 9.17) is 14.2 Å². The standard InChI is InChI=1S/C22H28N2O4/c1-17-3-5-18(6-4-17)21(24-11-13-27-14-12-24)15-23-22(25)16-28-20-9-7-19(26-2)8-10-20/h3-10,21H,11-16H2,1-2H3,(H,23,25)/t21-/m1/s1. The third-order valence-electron chi connectivity index (χ3n) is 4.87. The van der Waals surface area contributed by atoms with Gasteiger partial charge in [0.2, 0.25) is 0 Å². The molecule has 0 bridgehead atoms. The fraction of sp³-hybridized carbons (Fsp3) is 0.409. The molecule has 0 aliphatic carbocycles. The lowest BCUT2D eigenvalue weighted by Gasteiger charge is -2.35. The first kappa shape index (κ1) is 20.2. The fourth-order valence-corrected chi connectivity index (χ4v) is 3.22. The van der Waals surface area contributed by atoms with Crippen LogP contribution in [0.4, 0.5) is 0 Å². The highest BCUT2D eigenvalue weighted by molar-refractivity contribution is 5.77. The van der Waals surface area contributed by atoms with Crippen molar-refractivity contribution in [2.45, 2.75) is 13.0 Å². The van der Waals surface area contributed by atoms with Crippen molar-refractivity contribution in [3.8, 4) is 11.5 Å². The quantitative estimate of drug-likeness (QED) is 0.758. The Hall–Kier alpha value is -2.57. The van der Waals surface area contributed by atoms with Crippen LogP contribution >= 0.6 is 0 Å². The Labute approximate surface area is 166 Å². The molecule has 6 heteroatoms. The number of ether oxygens (including phenoxy) is 3. The number of hydrogen-bond acceptors (Lipinski definition) is 5. The van der Waals surface area contributed by atoms with Gasteiger partial charge in [-0.2, -0.15) is 0 Å². The SMILES string of the molecule is COc1ccc(OCC(=O)NC[C@H](c2ccc(C)cc2)N2CCOCC2)cc1. The minimum absolute atomic E-state index is 0.0178. The van der Waals surface area contributed by atoms with Crippen LogP contribution in [0.1, 0.15) is 17.2 Å². The number of methoxy groups -OCH3 is 1. The molecule has 2 aromatic rings. The zero-order valence-electron chi connectivity index (χ0n) is 16.5. The van der Waals surface area contributed by atoms with Gasteiger partial charge in [0, 0.05) is 19.6 Å². The maximum atomic E-state index is 12.3. The van der Waals surface area contributed by atoms with Gasteiger partial charge in [-0.15, -0.1) is 0 Å². The molecule has 3 rings (SSSR count). The maximum Gasteiger partial charge on any atom is 0.258 e. The van der Waals surface area contributed by atoms with E-state index in [0.717, 1.165) is 32.1 Å². The van der Waals surface area contributed by atoms with E-state index in [9.17, 15) is 4.79 Å². The van der Waals surface area contributed by atoms with Gasteiger partial charge in [-0.3, -0.25) is 9.69 Å². The summed E-state index contributed by atoms with van der Waals surface area (Å²) in [6, 6.07) is 15.8. The summed E-state index contributed by atoms with van der Waals surface area (Å²) in [7, 11) is 1.61. The number of rotatable bonds is 8. The number of carbonyl (C=O) groups excluding carboxylic acids is 1. The van der Waals surface area contributed by atoms with Crippen LogP contribution in [0.3, 0.4) is 0 Å². The van der Waals surface area contributed by atoms with Gasteiger partial charge in [-0.1, -0.05) is 29.8 Å². The van der Waals surface area contributed by atoms with Gasteiger partial charge in [0.15, 0.2) is 6.61 Å². The van der Waals surface area contributed by atoms with Gasteiger partial charge >= 0.3 is 0 Å². The summed E-state index contributed by atoms with van der Waals surface area (Å²) in [5.41, 5.74) is 2.42. The molecule has 150 valence electrons. The second-order valence-electron chi connectivity index (χ2n) is 6.84. The molecule has 1 N–H and O–H groups in total. The number of morpholine rings is 1. The minimum Gasteiger partial charge on any atom is -0.497 e. The molecule has 1 atom stereocenters. The van der Waals surface area contributed by atoms with Gasteiger partial charge in [0.1, 0.15) is 11.5 Å². The van der Waals surface area contributed by atoms with Crippen LogP contribution in [0.5, 0.6) is 11.5 Å². The maximum absolute atomic E-state index is 12.3. The van der Waals surface area contributed by atoms with Crippen LogP contribution in [0.15, 0.2) is 48.5 Å². The van der Waals surface area contributed by atoms with E-state index in [0.29, 0.717) is 12.3 Å². The first-order valence-corrected chi connectivity index (χ1v) is 9.57. The third-order valence-corrected chi connectivity index (χ3v) is 4.87. The number of benzene rings is 2. The van der Waals surface area contributed by atoms with Crippen molar-refractivity contribution in [1.29, 1.82) is 0 Å². The zero-order chi connectivity index (χ0) is 19.8. The molecule has 1 fully saturated rings.